The third-order valence-corrected chi connectivity index (χ3v) is 4.77. The van der Waals surface area contributed by atoms with E-state index in [0.29, 0.717) is 18.0 Å². The zero-order chi connectivity index (χ0) is 18.9. The van der Waals surface area contributed by atoms with Crippen molar-refractivity contribution in [3.05, 3.63) is 53.0 Å². The van der Waals surface area contributed by atoms with E-state index in [4.69, 9.17) is 0 Å². The number of carbonyl (C=O) groups is 3. The Bertz CT molecular complexity index is 707. The number of nitrogens with zero attached hydrogens (tertiary/aromatic N) is 2. The van der Waals surface area contributed by atoms with Gasteiger partial charge in [0.2, 0.25) is 5.91 Å². The minimum Gasteiger partial charge on any atom is -0.341 e. The van der Waals surface area contributed by atoms with Gasteiger partial charge in [-0.3, -0.25) is 19.3 Å². The van der Waals surface area contributed by atoms with Crippen LogP contribution in [0.4, 0.5) is 4.79 Å². The largest absolute Gasteiger partial charge is 0.341 e. The minimum absolute atomic E-state index is 0.183. The van der Waals surface area contributed by atoms with Crippen LogP contribution in [0.25, 0.3) is 6.08 Å². The van der Waals surface area contributed by atoms with Gasteiger partial charge in [0.1, 0.15) is 6.54 Å². The summed E-state index contributed by atoms with van der Waals surface area (Å²) in [4.78, 5) is 40.1. The van der Waals surface area contributed by atoms with E-state index >= 15 is 0 Å². The van der Waals surface area contributed by atoms with Crippen molar-refractivity contribution in [2.24, 2.45) is 0 Å². The summed E-state index contributed by atoms with van der Waals surface area (Å²) in [6, 6.07) is 9.69. The second-order valence-corrected chi connectivity index (χ2v) is 6.93. The summed E-state index contributed by atoms with van der Waals surface area (Å²) in [6.45, 7) is 5.08. The maximum absolute atomic E-state index is 12.4. The number of hydrogen-bond donors (Lipinski definition) is 0. The molecule has 0 atom stereocenters. The van der Waals surface area contributed by atoms with E-state index in [1.807, 2.05) is 50.3 Å². The van der Waals surface area contributed by atoms with Crippen molar-refractivity contribution in [1.82, 2.24) is 9.80 Å². The highest BCUT2D eigenvalue weighted by Gasteiger charge is 2.36. The molecule has 0 radical (unpaired) electrons. The molecular weight excluding hydrogens is 348 g/mol. The Morgan fingerprint density at radius 2 is 1.77 bits per heavy atom. The molecular formula is C20H24N2O3S. The van der Waals surface area contributed by atoms with Crippen LogP contribution >= 0.6 is 11.8 Å². The molecule has 0 aliphatic carbocycles. The standard InChI is InChI=1S/C20H24N2O3S/c1-3-13-21(14-4-2)18(23)15-22-19(24)17(26-20(22)25)12-8-11-16-9-6-5-7-10-16/h5-12H,3-4,13-15H2,1-2H3/b11-8+,17-12-. The summed E-state index contributed by atoms with van der Waals surface area (Å²) in [5.41, 5.74) is 1.01. The van der Waals surface area contributed by atoms with Crippen LogP contribution in [-0.2, 0) is 9.59 Å². The lowest BCUT2D eigenvalue weighted by atomic mass is 10.2. The average Bonchev–Trinajstić information content (AvgIpc) is 2.90. The SMILES string of the molecule is CCCN(CCC)C(=O)CN1C(=O)S/C(=C\C=C\c2ccccc2)C1=O. The highest BCUT2D eigenvalue weighted by molar-refractivity contribution is 8.18. The van der Waals surface area contributed by atoms with E-state index in [9.17, 15) is 14.4 Å². The predicted octanol–water partition coefficient (Wildman–Crippen LogP) is 3.93. The molecule has 0 bridgehead atoms. The minimum atomic E-state index is -0.404. The number of carbonyl (C=O) groups excluding carboxylic acids is 3. The summed E-state index contributed by atoms with van der Waals surface area (Å²) >= 11 is 0.874. The molecule has 3 amide bonds. The lowest BCUT2D eigenvalue weighted by molar-refractivity contribution is -0.135. The van der Waals surface area contributed by atoms with Crippen molar-refractivity contribution in [2.45, 2.75) is 26.7 Å². The molecule has 1 aliphatic rings. The van der Waals surface area contributed by atoms with Crippen LogP contribution < -0.4 is 0 Å². The molecule has 0 saturated carbocycles. The maximum atomic E-state index is 12.4. The van der Waals surface area contributed by atoms with Gasteiger partial charge in [0.15, 0.2) is 0 Å². The lowest BCUT2D eigenvalue weighted by Crippen LogP contribution is -2.42. The number of amides is 3. The second-order valence-electron chi connectivity index (χ2n) is 5.94. The van der Waals surface area contributed by atoms with Crippen LogP contribution in [0.5, 0.6) is 0 Å². The molecule has 0 spiro atoms. The molecule has 0 N–H and O–H groups in total. The fourth-order valence-electron chi connectivity index (χ4n) is 2.60. The summed E-state index contributed by atoms with van der Waals surface area (Å²) < 4.78 is 0. The van der Waals surface area contributed by atoms with E-state index in [1.165, 1.54) is 0 Å². The predicted molar refractivity (Wildman–Crippen MR) is 105 cm³/mol. The Balaban J connectivity index is 2.02. The monoisotopic (exact) mass is 372 g/mol. The maximum Gasteiger partial charge on any atom is 0.294 e. The molecule has 138 valence electrons. The number of thioether (sulfide) groups is 1. The number of rotatable bonds is 8. The quantitative estimate of drug-likeness (QED) is 0.649. The molecule has 1 aromatic rings. The smallest absolute Gasteiger partial charge is 0.294 e. The van der Waals surface area contributed by atoms with Crippen molar-refractivity contribution in [3.8, 4) is 0 Å². The van der Waals surface area contributed by atoms with Gasteiger partial charge < -0.3 is 4.90 Å². The van der Waals surface area contributed by atoms with Crippen molar-refractivity contribution >= 4 is 34.9 Å². The van der Waals surface area contributed by atoms with Gasteiger partial charge >= 0.3 is 0 Å². The van der Waals surface area contributed by atoms with Gasteiger partial charge in [-0.05, 0) is 36.2 Å². The normalized spacial score (nSPS) is 16.1. The van der Waals surface area contributed by atoms with Crippen molar-refractivity contribution in [1.29, 1.82) is 0 Å². The fourth-order valence-corrected chi connectivity index (χ4v) is 3.39. The lowest BCUT2D eigenvalue weighted by Gasteiger charge is -2.23. The molecule has 1 heterocycles. The molecule has 1 fully saturated rings. The molecule has 1 saturated heterocycles. The fraction of sp³-hybridized carbons (Fsp3) is 0.350. The van der Waals surface area contributed by atoms with Crippen molar-refractivity contribution < 1.29 is 14.4 Å². The number of allylic oxidation sites excluding steroid dienone is 2. The molecule has 5 nitrogen and oxygen atoms in total. The van der Waals surface area contributed by atoms with Gasteiger partial charge in [0.25, 0.3) is 11.1 Å². The summed E-state index contributed by atoms with van der Waals surface area (Å²) in [7, 11) is 0. The topological polar surface area (TPSA) is 57.7 Å². The molecule has 26 heavy (non-hydrogen) atoms. The van der Waals surface area contributed by atoms with E-state index in [-0.39, 0.29) is 12.5 Å². The first kappa shape index (κ1) is 20.0. The third-order valence-electron chi connectivity index (χ3n) is 3.84. The van der Waals surface area contributed by atoms with Crippen molar-refractivity contribution in [2.75, 3.05) is 19.6 Å². The van der Waals surface area contributed by atoms with Gasteiger partial charge in [-0.1, -0.05) is 56.3 Å². The molecule has 1 aliphatic heterocycles. The Morgan fingerprint density at radius 1 is 1.12 bits per heavy atom. The number of benzene rings is 1. The molecule has 0 aromatic heterocycles. The summed E-state index contributed by atoms with van der Waals surface area (Å²) in [5.74, 6) is -0.587. The van der Waals surface area contributed by atoms with Crippen LogP contribution in [0.15, 0.2) is 47.4 Å². The first-order valence-electron chi connectivity index (χ1n) is 8.81. The van der Waals surface area contributed by atoms with E-state index in [2.05, 4.69) is 0 Å². The molecule has 0 unspecified atom stereocenters. The Kier molecular flexibility index (Phi) is 7.66. The van der Waals surface area contributed by atoms with Gasteiger partial charge in [-0.25, -0.2) is 0 Å². The number of imide groups is 1. The zero-order valence-electron chi connectivity index (χ0n) is 15.2. The first-order chi connectivity index (χ1) is 12.6. The average molecular weight is 372 g/mol. The third kappa shape index (κ3) is 5.33. The molecule has 6 heteroatoms. The van der Waals surface area contributed by atoms with E-state index < -0.39 is 11.1 Å². The Hall–Kier alpha value is -2.34. The van der Waals surface area contributed by atoms with Gasteiger partial charge in [0.05, 0.1) is 4.91 Å². The Labute approximate surface area is 158 Å². The van der Waals surface area contributed by atoms with Crippen LogP contribution in [0.2, 0.25) is 0 Å². The molecule has 2 rings (SSSR count). The highest BCUT2D eigenvalue weighted by Crippen LogP contribution is 2.30. The van der Waals surface area contributed by atoms with Crippen LogP contribution in [0, 0.1) is 0 Å². The van der Waals surface area contributed by atoms with Crippen LogP contribution in [-0.4, -0.2) is 46.5 Å². The van der Waals surface area contributed by atoms with Crippen molar-refractivity contribution in [3.63, 3.8) is 0 Å². The first-order valence-corrected chi connectivity index (χ1v) is 9.63. The van der Waals surface area contributed by atoms with Crippen LogP contribution in [0.1, 0.15) is 32.3 Å². The second kappa shape index (κ2) is 9.97. The van der Waals surface area contributed by atoms with Crippen LogP contribution in [0.3, 0.4) is 0 Å². The zero-order valence-corrected chi connectivity index (χ0v) is 16.0. The van der Waals surface area contributed by atoms with E-state index in [1.54, 1.807) is 17.1 Å². The van der Waals surface area contributed by atoms with E-state index in [0.717, 1.165) is 35.1 Å². The highest BCUT2D eigenvalue weighted by atomic mass is 32.2. The summed E-state index contributed by atoms with van der Waals surface area (Å²) in [5, 5.41) is -0.393. The van der Waals surface area contributed by atoms with Gasteiger partial charge in [-0.2, -0.15) is 0 Å². The van der Waals surface area contributed by atoms with Gasteiger partial charge in [0, 0.05) is 13.1 Å². The molecule has 1 aromatic carbocycles. The summed E-state index contributed by atoms with van der Waals surface area (Å²) in [6.07, 6.45) is 6.92. The Morgan fingerprint density at radius 3 is 2.38 bits per heavy atom. The van der Waals surface area contributed by atoms with Gasteiger partial charge in [-0.15, -0.1) is 0 Å². The number of hydrogen-bond acceptors (Lipinski definition) is 4.